The molecule has 5 rings (SSSR count). The molecule has 2 amide bonds. The number of piperidine rings is 1. The van der Waals surface area contributed by atoms with Gasteiger partial charge in [-0.15, -0.1) is 0 Å². The highest BCUT2D eigenvalue weighted by Gasteiger charge is 2.23. The lowest BCUT2D eigenvalue weighted by Gasteiger charge is -2.32. The zero-order valence-corrected chi connectivity index (χ0v) is 21.3. The molecule has 3 aromatic carbocycles. The fourth-order valence-corrected chi connectivity index (χ4v) is 4.60. The Balaban J connectivity index is 1.21. The van der Waals surface area contributed by atoms with Crippen molar-refractivity contribution in [3.8, 4) is 5.75 Å². The molecule has 8 heteroatoms. The van der Waals surface area contributed by atoms with E-state index in [0.29, 0.717) is 53.9 Å². The van der Waals surface area contributed by atoms with Crippen molar-refractivity contribution in [1.82, 2.24) is 9.80 Å². The van der Waals surface area contributed by atoms with Crippen molar-refractivity contribution in [2.24, 2.45) is 0 Å². The summed E-state index contributed by atoms with van der Waals surface area (Å²) in [6.45, 7) is 3.20. The molecule has 1 aromatic heterocycles. The van der Waals surface area contributed by atoms with E-state index in [-0.39, 0.29) is 11.8 Å². The molecule has 0 unspecified atom stereocenters. The van der Waals surface area contributed by atoms with Gasteiger partial charge in [-0.05, 0) is 74.5 Å². The van der Waals surface area contributed by atoms with Gasteiger partial charge in [0.25, 0.3) is 11.8 Å². The Morgan fingerprint density at radius 2 is 1.68 bits per heavy atom. The van der Waals surface area contributed by atoms with Crippen LogP contribution in [0, 0.1) is 0 Å². The number of carbonyl (C=O) groups excluding carboxylic acids is 2. The smallest absolute Gasteiger partial charge is 0.290 e. The summed E-state index contributed by atoms with van der Waals surface area (Å²) in [4.78, 5) is 30.1. The van der Waals surface area contributed by atoms with Crippen LogP contribution < -0.4 is 15.8 Å². The molecule has 0 spiro atoms. The summed E-state index contributed by atoms with van der Waals surface area (Å²) in [5.74, 6) is 0.550. The van der Waals surface area contributed by atoms with Crippen LogP contribution in [-0.4, -0.2) is 54.5 Å². The first-order chi connectivity index (χ1) is 18.6. The monoisotopic (exact) mass is 512 g/mol. The third-order valence-corrected chi connectivity index (χ3v) is 6.70. The highest BCUT2D eigenvalue weighted by atomic mass is 16.5. The minimum atomic E-state index is -0.251. The molecule has 0 bridgehead atoms. The second-order valence-electron chi connectivity index (χ2n) is 9.45. The van der Waals surface area contributed by atoms with Gasteiger partial charge in [-0.3, -0.25) is 14.5 Å². The molecule has 4 aromatic rings. The third-order valence-electron chi connectivity index (χ3n) is 6.70. The Hall–Kier alpha value is -4.30. The fraction of sp³-hybridized carbons (Fsp3) is 0.267. The van der Waals surface area contributed by atoms with E-state index in [1.54, 1.807) is 47.4 Å². The number of ether oxygens (including phenoxy) is 1. The van der Waals surface area contributed by atoms with Crippen LogP contribution in [0.4, 0.5) is 11.4 Å². The predicted molar refractivity (Wildman–Crippen MR) is 148 cm³/mol. The number of hydrogen-bond acceptors (Lipinski definition) is 6. The van der Waals surface area contributed by atoms with Gasteiger partial charge < -0.3 is 25.1 Å². The quantitative estimate of drug-likeness (QED) is 0.298. The van der Waals surface area contributed by atoms with Gasteiger partial charge in [0.2, 0.25) is 0 Å². The molecule has 1 aliphatic heterocycles. The number of amides is 2. The normalized spacial score (nSPS) is 13.8. The van der Waals surface area contributed by atoms with Gasteiger partial charge >= 0.3 is 0 Å². The topological polar surface area (TPSA) is 101 Å². The van der Waals surface area contributed by atoms with Crippen LogP contribution in [-0.2, 0) is 0 Å². The minimum absolute atomic E-state index is 0.150. The Morgan fingerprint density at radius 3 is 2.45 bits per heavy atom. The standard InChI is InChI=1S/C30H32N4O4/c31-25-9-3-4-10-26(25)32-29(35)22-12-14-24(15-13-22)37-19-18-34(21-33-16-6-1-7-17-33)30(36)28-20-23-8-2-5-11-27(23)38-28/h2-5,8-15,20H,1,6-7,16-19,21,31H2,(H,32,35). The molecule has 1 aliphatic rings. The van der Waals surface area contributed by atoms with Gasteiger partial charge in [0, 0.05) is 10.9 Å². The summed E-state index contributed by atoms with van der Waals surface area (Å²) in [7, 11) is 0. The molecule has 0 aliphatic carbocycles. The maximum absolute atomic E-state index is 13.4. The van der Waals surface area contributed by atoms with E-state index in [0.717, 1.165) is 31.3 Å². The van der Waals surface area contributed by atoms with Crippen molar-refractivity contribution in [3.05, 3.63) is 90.2 Å². The van der Waals surface area contributed by atoms with Crippen molar-refractivity contribution >= 4 is 34.2 Å². The number of likely N-dealkylation sites (tertiary alicyclic amines) is 1. The Morgan fingerprint density at radius 1 is 0.947 bits per heavy atom. The lowest BCUT2D eigenvalue weighted by Crippen LogP contribution is -2.45. The third kappa shape index (κ3) is 6.15. The van der Waals surface area contributed by atoms with Crippen molar-refractivity contribution in [2.45, 2.75) is 19.3 Å². The van der Waals surface area contributed by atoms with E-state index in [1.165, 1.54) is 6.42 Å². The van der Waals surface area contributed by atoms with Crippen LogP contribution in [0.25, 0.3) is 11.0 Å². The fourth-order valence-electron chi connectivity index (χ4n) is 4.60. The van der Waals surface area contributed by atoms with Crippen LogP contribution in [0.5, 0.6) is 5.75 Å². The number of nitrogen functional groups attached to an aromatic ring is 1. The van der Waals surface area contributed by atoms with Crippen LogP contribution in [0.1, 0.15) is 40.2 Å². The molecular formula is C30H32N4O4. The molecule has 2 heterocycles. The molecule has 8 nitrogen and oxygen atoms in total. The molecule has 3 N–H and O–H groups in total. The van der Waals surface area contributed by atoms with Gasteiger partial charge in [0.1, 0.15) is 17.9 Å². The summed E-state index contributed by atoms with van der Waals surface area (Å²) in [6, 6.07) is 23.5. The van der Waals surface area contributed by atoms with E-state index in [4.69, 9.17) is 14.9 Å². The van der Waals surface area contributed by atoms with Gasteiger partial charge in [-0.1, -0.05) is 36.8 Å². The highest BCUT2D eigenvalue weighted by Crippen LogP contribution is 2.22. The highest BCUT2D eigenvalue weighted by molar-refractivity contribution is 6.05. The first-order valence-electron chi connectivity index (χ1n) is 13.0. The maximum Gasteiger partial charge on any atom is 0.290 e. The van der Waals surface area contributed by atoms with Crippen molar-refractivity contribution < 1.29 is 18.7 Å². The summed E-state index contributed by atoms with van der Waals surface area (Å²) in [6.07, 6.45) is 3.50. The Kier molecular flexibility index (Phi) is 7.89. The zero-order valence-electron chi connectivity index (χ0n) is 21.3. The molecule has 38 heavy (non-hydrogen) atoms. The number of benzene rings is 3. The average Bonchev–Trinajstić information content (AvgIpc) is 3.39. The lowest BCUT2D eigenvalue weighted by molar-refractivity contribution is 0.0527. The van der Waals surface area contributed by atoms with Gasteiger partial charge in [0.15, 0.2) is 5.76 Å². The first-order valence-corrected chi connectivity index (χ1v) is 13.0. The summed E-state index contributed by atoms with van der Waals surface area (Å²) < 4.78 is 11.8. The van der Waals surface area contributed by atoms with Crippen molar-refractivity contribution in [2.75, 3.05) is 44.0 Å². The molecule has 0 saturated carbocycles. The SMILES string of the molecule is Nc1ccccc1NC(=O)c1ccc(OCCN(CN2CCCCC2)C(=O)c2cc3ccccc3o2)cc1. The number of nitrogens with two attached hydrogens (primary N) is 1. The molecule has 1 saturated heterocycles. The van der Waals surface area contributed by atoms with E-state index < -0.39 is 0 Å². The van der Waals surface area contributed by atoms with Crippen molar-refractivity contribution in [3.63, 3.8) is 0 Å². The molecule has 0 atom stereocenters. The minimum Gasteiger partial charge on any atom is -0.492 e. The number of hydrogen-bond donors (Lipinski definition) is 2. The number of furan rings is 1. The number of anilines is 2. The maximum atomic E-state index is 13.4. The van der Waals surface area contributed by atoms with Gasteiger partial charge in [0.05, 0.1) is 24.6 Å². The van der Waals surface area contributed by atoms with Gasteiger partial charge in [-0.2, -0.15) is 0 Å². The molecule has 1 fully saturated rings. The van der Waals surface area contributed by atoms with Crippen LogP contribution >= 0.6 is 0 Å². The summed E-state index contributed by atoms with van der Waals surface area (Å²) in [5.41, 5.74) is 8.18. The average molecular weight is 513 g/mol. The van der Waals surface area contributed by atoms with E-state index >= 15 is 0 Å². The first kappa shape index (κ1) is 25.4. The van der Waals surface area contributed by atoms with Crippen LogP contribution in [0.15, 0.2) is 83.3 Å². The second kappa shape index (κ2) is 11.8. The number of carbonyl (C=O) groups is 2. The lowest BCUT2D eigenvalue weighted by atomic mass is 10.1. The Labute approximate surface area is 222 Å². The summed E-state index contributed by atoms with van der Waals surface area (Å²) >= 11 is 0. The van der Waals surface area contributed by atoms with E-state index in [9.17, 15) is 9.59 Å². The number of nitrogens with zero attached hydrogens (tertiary/aromatic N) is 2. The number of nitrogens with one attached hydrogen (secondary N) is 1. The summed E-state index contributed by atoms with van der Waals surface area (Å²) in [5, 5.41) is 3.72. The van der Waals surface area contributed by atoms with E-state index in [1.807, 2.05) is 36.4 Å². The zero-order chi connectivity index (χ0) is 26.3. The van der Waals surface area contributed by atoms with Crippen LogP contribution in [0.2, 0.25) is 0 Å². The molecular weight excluding hydrogens is 480 g/mol. The number of fused-ring (bicyclic) bond motifs is 1. The van der Waals surface area contributed by atoms with E-state index in [2.05, 4.69) is 10.2 Å². The number of rotatable bonds is 9. The van der Waals surface area contributed by atoms with Crippen molar-refractivity contribution in [1.29, 1.82) is 0 Å². The predicted octanol–water partition coefficient (Wildman–Crippen LogP) is 5.23. The molecule has 0 radical (unpaired) electrons. The Bertz CT molecular complexity index is 1360. The second-order valence-corrected chi connectivity index (χ2v) is 9.45. The van der Waals surface area contributed by atoms with Gasteiger partial charge in [-0.25, -0.2) is 0 Å². The molecule has 196 valence electrons. The number of para-hydroxylation sites is 3. The largest absolute Gasteiger partial charge is 0.492 e. The van der Waals surface area contributed by atoms with Crippen LogP contribution in [0.3, 0.4) is 0 Å².